The van der Waals surface area contributed by atoms with E-state index in [1.54, 1.807) is 0 Å². The van der Waals surface area contributed by atoms with Crippen LogP contribution >= 0.6 is 11.6 Å². The second kappa shape index (κ2) is 7.30. The number of alkyl halides is 1. The Morgan fingerprint density at radius 3 is 2.88 bits per heavy atom. The molecule has 4 heteroatoms. The molecule has 17 heavy (non-hydrogen) atoms. The van der Waals surface area contributed by atoms with E-state index in [9.17, 15) is 4.79 Å². The summed E-state index contributed by atoms with van der Waals surface area (Å²) in [6, 6.07) is 5.89. The zero-order valence-electron chi connectivity index (χ0n) is 10.3. The molecule has 0 aromatic heterocycles. The molecule has 0 radical (unpaired) electrons. The maximum atomic E-state index is 11.3. The SMILES string of the molecule is CCCOCc1ccc(C)cc1NC(=O)CCl. The van der Waals surface area contributed by atoms with Gasteiger partial charge in [0.15, 0.2) is 0 Å². The van der Waals surface area contributed by atoms with E-state index in [-0.39, 0.29) is 11.8 Å². The molecule has 0 spiro atoms. The summed E-state index contributed by atoms with van der Waals surface area (Å²) in [5.41, 5.74) is 2.85. The van der Waals surface area contributed by atoms with Crippen molar-refractivity contribution in [3.8, 4) is 0 Å². The number of anilines is 1. The molecule has 0 saturated heterocycles. The molecule has 1 aromatic rings. The molecule has 1 amide bonds. The first-order chi connectivity index (χ1) is 8.17. The zero-order valence-corrected chi connectivity index (χ0v) is 11.0. The van der Waals surface area contributed by atoms with Gasteiger partial charge in [-0.2, -0.15) is 0 Å². The van der Waals surface area contributed by atoms with Crippen molar-refractivity contribution in [3.05, 3.63) is 29.3 Å². The van der Waals surface area contributed by atoms with Gasteiger partial charge in [-0.3, -0.25) is 4.79 Å². The second-order valence-electron chi connectivity index (χ2n) is 3.89. The molecule has 0 aliphatic heterocycles. The van der Waals surface area contributed by atoms with Crippen LogP contribution in [0.5, 0.6) is 0 Å². The summed E-state index contributed by atoms with van der Waals surface area (Å²) < 4.78 is 5.48. The molecule has 0 unspecified atom stereocenters. The second-order valence-corrected chi connectivity index (χ2v) is 4.16. The standard InChI is InChI=1S/C13H18ClNO2/c1-3-6-17-9-11-5-4-10(2)7-12(11)15-13(16)8-14/h4-5,7H,3,6,8-9H2,1-2H3,(H,15,16). The Hall–Kier alpha value is -1.06. The lowest BCUT2D eigenvalue weighted by Crippen LogP contribution is -2.14. The van der Waals surface area contributed by atoms with E-state index in [4.69, 9.17) is 16.3 Å². The number of hydrogen-bond acceptors (Lipinski definition) is 2. The normalized spacial score (nSPS) is 10.3. The van der Waals surface area contributed by atoms with Gasteiger partial charge in [0.1, 0.15) is 5.88 Å². The lowest BCUT2D eigenvalue weighted by molar-refractivity contribution is -0.113. The Morgan fingerprint density at radius 2 is 2.24 bits per heavy atom. The summed E-state index contributed by atoms with van der Waals surface area (Å²) in [6.45, 7) is 5.27. The molecule has 0 aliphatic carbocycles. The molecule has 0 atom stereocenters. The number of nitrogens with one attached hydrogen (secondary N) is 1. The van der Waals surface area contributed by atoms with Gasteiger partial charge < -0.3 is 10.1 Å². The first-order valence-electron chi connectivity index (χ1n) is 5.70. The highest BCUT2D eigenvalue weighted by atomic mass is 35.5. The summed E-state index contributed by atoms with van der Waals surface area (Å²) in [5.74, 6) is -0.238. The van der Waals surface area contributed by atoms with E-state index in [1.165, 1.54) is 0 Å². The summed E-state index contributed by atoms with van der Waals surface area (Å²) in [5, 5.41) is 2.78. The van der Waals surface area contributed by atoms with E-state index in [2.05, 4.69) is 12.2 Å². The van der Waals surface area contributed by atoms with Crippen molar-refractivity contribution in [3.63, 3.8) is 0 Å². The van der Waals surface area contributed by atoms with Gasteiger partial charge in [0.25, 0.3) is 0 Å². The molecule has 0 heterocycles. The number of hydrogen-bond donors (Lipinski definition) is 1. The Balaban J connectivity index is 2.76. The van der Waals surface area contributed by atoms with Crippen LogP contribution in [0.3, 0.4) is 0 Å². The monoisotopic (exact) mass is 255 g/mol. The third kappa shape index (κ3) is 4.75. The fraction of sp³-hybridized carbons (Fsp3) is 0.462. The van der Waals surface area contributed by atoms with Crippen molar-refractivity contribution < 1.29 is 9.53 Å². The minimum Gasteiger partial charge on any atom is -0.377 e. The van der Waals surface area contributed by atoms with Gasteiger partial charge in [-0.25, -0.2) is 0 Å². The minimum atomic E-state index is -0.200. The van der Waals surface area contributed by atoms with Crippen LogP contribution in [0, 0.1) is 6.92 Å². The van der Waals surface area contributed by atoms with Crippen LogP contribution in [0.2, 0.25) is 0 Å². The van der Waals surface area contributed by atoms with Crippen molar-refractivity contribution in [1.82, 2.24) is 0 Å². The average Bonchev–Trinajstić information content (AvgIpc) is 2.32. The molecular formula is C13H18ClNO2. The van der Waals surface area contributed by atoms with Gasteiger partial charge in [-0.1, -0.05) is 19.1 Å². The van der Waals surface area contributed by atoms with Crippen LogP contribution in [-0.2, 0) is 16.1 Å². The number of carbonyl (C=O) groups is 1. The first-order valence-corrected chi connectivity index (χ1v) is 6.24. The molecule has 1 rings (SSSR count). The smallest absolute Gasteiger partial charge is 0.239 e. The molecule has 1 N–H and O–H groups in total. The highest BCUT2D eigenvalue weighted by Crippen LogP contribution is 2.18. The first kappa shape index (κ1) is 14.0. The van der Waals surface area contributed by atoms with E-state index in [0.717, 1.165) is 29.8 Å². The largest absolute Gasteiger partial charge is 0.377 e. The molecule has 0 fully saturated rings. The van der Waals surface area contributed by atoms with Gasteiger partial charge in [-0.15, -0.1) is 11.6 Å². The number of rotatable bonds is 6. The van der Waals surface area contributed by atoms with Crippen LogP contribution in [0.1, 0.15) is 24.5 Å². The predicted octanol–water partition coefficient (Wildman–Crippen LogP) is 3.10. The van der Waals surface area contributed by atoms with E-state index in [1.807, 2.05) is 25.1 Å². The van der Waals surface area contributed by atoms with Gasteiger partial charge >= 0.3 is 0 Å². The molecule has 0 bridgehead atoms. The minimum absolute atomic E-state index is 0.0385. The molecule has 0 aliphatic rings. The topological polar surface area (TPSA) is 38.3 Å². The van der Waals surface area contributed by atoms with Gasteiger partial charge in [0.05, 0.1) is 6.61 Å². The third-order valence-corrected chi connectivity index (χ3v) is 2.51. The number of ether oxygens (including phenoxy) is 1. The number of carbonyl (C=O) groups excluding carboxylic acids is 1. The third-order valence-electron chi connectivity index (χ3n) is 2.27. The number of aryl methyl sites for hydroxylation is 1. The highest BCUT2D eigenvalue weighted by Gasteiger charge is 2.06. The summed E-state index contributed by atoms with van der Waals surface area (Å²) in [6.07, 6.45) is 0.981. The Morgan fingerprint density at radius 1 is 1.47 bits per heavy atom. The van der Waals surface area contributed by atoms with Crippen molar-refractivity contribution >= 4 is 23.2 Å². The van der Waals surface area contributed by atoms with Crippen LogP contribution in [0.15, 0.2) is 18.2 Å². The predicted molar refractivity (Wildman–Crippen MR) is 70.5 cm³/mol. The van der Waals surface area contributed by atoms with Crippen molar-refractivity contribution in [2.45, 2.75) is 26.9 Å². The van der Waals surface area contributed by atoms with Gasteiger partial charge in [-0.05, 0) is 25.0 Å². The fourth-order valence-electron chi connectivity index (χ4n) is 1.44. The van der Waals surface area contributed by atoms with Crippen LogP contribution in [-0.4, -0.2) is 18.4 Å². The van der Waals surface area contributed by atoms with Crippen LogP contribution < -0.4 is 5.32 Å². The summed E-state index contributed by atoms with van der Waals surface area (Å²) in [7, 11) is 0. The van der Waals surface area contributed by atoms with E-state index < -0.39 is 0 Å². The number of amides is 1. The molecule has 0 saturated carbocycles. The van der Waals surface area contributed by atoms with Gasteiger partial charge in [0.2, 0.25) is 5.91 Å². The van der Waals surface area contributed by atoms with Crippen LogP contribution in [0.4, 0.5) is 5.69 Å². The quantitative estimate of drug-likeness (QED) is 0.627. The lowest BCUT2D eigenvalue weighted by Gasteiger charge is -2.11. The van der Waals surface area contributed by atoms with E-state index in [0.29, 0.717) is 6.61 Å². The van der Waals surface area contributed by atoms with Crippen molar-refractivity contribution in [2.24, 2.45) is 0 Å². The fourth-order valence-corrected chi connectivity index (χ4v) is 1.51. The number of benzene rings is 1. The maximum Gasteiger partial charge on any atom is 0.239 e. The van der Waals surface area contributed by atoms with E-state index >= 15 is 0 Å². The van der Waals surface area contributed by atoms with Crippen molar-refractivity contribution in [2.75, 3.05) is 17.8 Å². The molecular weight excluding hydrogens is 238 g/mol. The van der Waals surface area contributed by atoms with Crippen LogP contribution in [0.25, 0.3) is 0 Å². The molecule has 1 aromatic carbocycles. The lowest BCUT2D eigenvalue weighted by atomic mass is 10.1. The Kier molecular flexibility index (Phi) is 6.01. The van der Waals surface area contributed by atoms with Gasteiger partial charge in [0, 0.05) is 17.9 Å². The summed E-state index contributed by atoms with van der Waals surface area (Å²) in [4.78, 5) is 11.3. The summed E-state index contributed by atoms with van der Waals surface area (Å²) >= 11 is 5.48. The Bertz CT molecular complexity index is 380. The highest BCUT2D eigenvalue weighted by molar-refractivity contribution is 6.29. The Labute approximate surface area is 107 Å². The molecule has 3 nitrogen and oxygen atoms in total. The maximum absolute atomic E-state index is 11.3. The zero-order chi connectivity index (χ0) is 12.7. The average molecular weight is 256 g/mol. The van der Waals surface area contributed by atoms with Crippen molar-refractivity contribution in [1.29, 1.82) is 0 Å². The molecule has 94 valence electrons. The number of halogens is 1.